The Balaban J connectivity index is 1.92. The van der Waals surface area contributed by atoms with Crippen LogP contribution in [0, 0.1) is 10.1 Å². The second-order valence-electron chi connectivity index (χ2n) is 6.71. The maximum atomic E-state index is 12.1. The molecule has 0 aliphatic carbocycles. The number of nitro benzene ring substituents is 1. The third-order valence-electron chi connectivity index (χ3n) is 4.03. The van der Waals surface area contributed by atoms with Crippen molar-refractivity contribution in [1.82, 2.24) is 5.43 Å². The van der Waals surface area contributed by atoms with Gasteiger partial charge in [0, 0.05) is 23.0 Å². The van der Waals surface area contributed by atoms with Crippen LogP contribution in [-0.2, 0) is 4.79 Å². The maximum Gasteiger partial charge on any atom is 0.287 e. The van der Waals surface area contributed by atoms with Gasteiger partial charge < -0.3 is 5.32 Å². The number of halogens is 1. The van der Waals surface area contributed by atoms with Gasteiger partial charge in [0.05, 0.1) is 11.3 Å². The minimum absolute atomic E-state index is 0.00672. The van der Waals surface area contributed by atoms with E-state index in [1.54, 1.807) is 6.92 Å². The van der Waals surface area contributed by atoms with Gasteiger partial charge in [0.25, 0.3) is 11.6 Å². The Kier molecular flexibility index (Phi) is 7.44. The summed E-state index contributed by atoms with van der Waals surface area (Å²) in [6, 6.07) is 11.2. The molecule has 2 rings (SSSR count). The van der Waals surface area contributed by atoms with Gasteiger partial charge in [-0.25, -0.2) is 5.43 Å². The van der Waals surface area contributed by atoms with E-state index in [0.29, 0.717) is 17.3 Å². The number of hydrazone groups is 1. The van der Waals surface area contributed by atoms with Crippen LogP contribution in [0.25, 0.3) is 0 Å². The molecule has 0 aliphatic heterocycles. The lowest BCUT2D eigenvalue weighted by Crippen LogP contribution is -2.21. The second-order valence-corrected chi connectivity index (χ2v) is 7.12. The lowest BCUT2D eigenvalue weighted by molar-refractivity contribution is -0.384. The average Bonchev–Trinajstić information content (AvgIpc) is 2.66. The highest BCUT2D eigenvalue weighted by molar-refractivity contribution is 6.33. The number of carbonyl (C=O) groups is 2. The third-order valence-corrected chi connectivity index (χ3v) is 4.34. The summed E-state index contributed by atoms with van der Waals surface area (Å²) >= 11 is 5.79. The number of carbonyl (C=O) groups excluding carboxylic acids is 2. The molecule has 2 aromatic carbocycles. The molecule has 0 heterocycles. The number of hydrogen-bond acceptors (Lipinski definition) is 5. The lowest BCUT2D eigenvalue weighted by Gasteiger charge is -2.08. The van der Waals surface area contributed by atoms with Crippen molar-refractivity contribution in [2.24, 2.45) is 5.10 Å². The fourth-order valence-corrected chi connectivity index (χ4v) is 2.68. The predicted octanol–water partition coefficient (Wildman–Crippen LogP) is 4.51. The first-order chi connectivity index (χ1) is 13.7. The van der Waals surface area contributed by atoms with Gasteiger partial charge >= 0.3 is 0 Å². The number of nitrogens with one attached hydrogen (secondary N) is 2. The maximum absolute atomic E-state index is 12.1. The molecule has 0 bridgehead atoms. The zero-order chi connectivity index (χ0) is 21.6. The van der Waals surface area contributed by atoms with E-state index in [4.69, 9.17) is 11.6 Å². The lowest BCUT2D eigenvalue weighted by atomic mass is 10.0. The highest BCUT2D eigenvalue weighted by Gasteiger charge is 2.15. The molecule has 0 aliphatic rings. The van der Waals surface area contributed by atoms with Crippen LogP contribution in [0.1, 0.15) is 49.0 Å². The van der Waals surface area contributed by atoms with E-state index in [2.05, 4.69) is 29.7 Å². The van der Waals surface area contributed by atoms with Crippen LogP contribution in [0.4, 0.5) is 11.4 Å². The van der Waals surface area contributed by atoms with E-state index in [0.717, 1.165) is 6.07 Å². The van der Waals surface area contributed by atoms with Crippen LogP contribution in [0.2, 0.25) is 5.02 Å². The molecule has 0 spiro atoms. The van der Waals surface area contributed by atoms with Crippen molar-refractivity contribution in [3.8, 4) is 0 Å². The van der Waals surface area contributed by atoms with Gasteiger partial charge in [-0.2, -0.15) is 5.10 Å². The van der Waals surface area contributed by atoms with Gasteiger partial charge in [-0.3, -0.25) is 19.7 Å². The molecule has 152 valence electrons. The van der Waals surface area contributed by atoms with E-state index in [-0.39, 0.29) is 28.6 Å². The molecule has 0 fully saturated rings. The van der Waals surface area contributed by atoms with E-state index in [9.17, 15) is 19.7 Å². The highest BCUT2D eigenvalue weighted by atomic mass is 35.5. The van der Waals surface area contributed by atoms with Crippen molar-refractivity contribution >= 4 is 40.5 Å². The molecule has 2 amide bonds. The molecule has 0 saturated carbocycles. The first-order valence-corrected chi connectivity index (χ1v) is 9.22. The predicted molar refractivity (Wildman–Crippen MR) is 112 cm³/mol. The van der Waals surface area contributed by atoms with Gasteiger partial charge in [0.1, 0.15) is 5.02 Å². The normalized spacial score (nSPS) is 11.3. The van der Waals surface area contributed by atoms with E-state index < -0.39 is 10.8 Å². The zero-order valence-electron chi connectivity index (χ0n) is 16.2. The largest absolute Gasteiger partial charge is 0.326 e. The van der Waals surface area contributed by atoms with Crippen molar-refractivity contribution in [3.05, 3.63) is 68.7 Å². The van der Waals surface area contributed by atoms with Crippen molar-refractivity contribution < 1.29 is 14.5 Å². The molecule has 9 heteroatoms. The summed E-state index contributed by atoms with van der Waals surface area (Å²) in [5.74, 6) is -0.453. The summed E-state index contributed by atoms with van der Waals surface area (Å²) in [5.41, 5.74) is 4.38. The van der Waals surface area contributed by atoms with E-state index >= 15 is 0 Å². The summed E-state index contributed by atoms with van der Waals surface area (Å²) in [5, 5.41) is 17.3. The van der Waals surface area contributed by atoms with Crippen LogP contribution < -0.4 is 10.7 Å². The van der Waals surface area contributed by atoms with Crippen molar-refractivity contribution in [2.75, 3.05) is 5.32 Å². The molecule has 0 atom stereocenters. The van der Waals surface area contributed by atoms with Crippen LogP contribution in [0.3, 0.4) is 0 Å². The molecule has 0 radical (unpaired) electrons. The topological polar surface area (TPSA) is 114 Å². The fourth-order valence-electron chi connectivity index (χ4n) is 2.44. The van der Waals surface area contributed by atoms with Gasteiger partial charge in [-0.05, 0) is 42.7 Å². The Hall–Kier alpha value is -3.26. The van der Waals surface area contributed by atoms with Gasteiger partial charge in [0.15, 0.2) is 0 Å². The number of hydrogen-bond donors (Lipinski definition) is 2. The molecule has 0 unspecified atom stereocenters. The summed E-state index contributed by atoms with van der Waals surface area (Å²) in [7, 11) is 0. The quantitative estimate of drug-likeness (QED) is 0.392. The molecule has 8 nitrogen and oxygen atoms in total. The molecule has 2 N–H and O–H groups in total. The number of rotatable bonds is 7. The Labute approximate surface area is 173 Å². The number of nitrogens with zero attached hydrogens (tertiary/aromatic N) is 2. The Morgan fingerprint density at radius 1 is 1.17 bits per heavy atom. The van der Waals surface area contributed by atoms with Crippen LogP contribution in [0.5, 0.6) is 0 Å². The minimum Gasteiger partial charge on any atom is -0.326 e. The highest BCUT2D eigenvalue weighted by Crippen LogP contribution is 2.24. The first-order valence-electron chi connectivity index (χ1n) is 8.84. The molecule has 29 heavy (non-hydrogen) atoms. The second kappa shape index (κ2) is 9.79. The van der Waals surface area contributed by atoms with E-state index in [1.807, 2.05) is 24.3 Å². The number of anilines is 1. The van der Waals surface area contributed by atoms with Crippen LogP contribution in [-0.4, -0.2) is 22.4 Å². The van der Waals surface area contributed by atoms with Gasteiger partial charge in [-0.1, -0.05) is 37.6 Å². The van der Waals surface area contributed by atoms with Crippen molar-refractivity contribution in [1.29, 1.82) is 0 Å². The van der Waals surface area contributed by atoms with Crippen molar-refractivity contribution in [2.45, 2.75) is 33.1 Å². The van der Waals surface area contributed by atoms with Crippen molar-refractivity contribution in [3.63, 3.8) is 0 Å². The average molecular weight is 417 g/mol. The molecule has 0 saturated heterocycles. The summed E-state index contributed by atoms with van der Waals surface area (Å²) in [6.45, 7) is 5.78. The third kappa shape index (κ3) is 6.39. The Morgan fingerprint density at radius 3 is 2.38 bits per heavy atom. The standard InChI is InChI=1S/C20H21ClN4O4/c1-12(2)14-4-7-16(8-5-14)22-19(26)10-13(3)23-24-20(27)15-6-9-18(25(28)29)17(21)11-15/h4-9,11-12H,10H2,1-3H3,(H,22,26)(H,24,27)/b23-13+. The SMILES string of the molecule is C/C(CC(=O)Nc1ccc(C(C)C)cc1)=N\NC(=O)c1ccc([N+](=O)[O-])c(Cl)c1. The number of nitro groups is 1. The molecule has 0 aromatic heterocycles. The smallest absolute Gasteiger partial charge is 0.287 e. The molecular weight excluding hydrogens is 396 g/mol. The summed E-state index contributed by atoms with van der Waals surface area (Å²) in [4.78, 5) is 34.3. The fraction of sp³-hybridized carbons (Fsp3) is 0.250. The molecular formula is C20H21ClN4O4. The van der Waals surface area contributed by atoms with E-state index in [1.165, 1.54) is 17.7 Å². The first kappa shape index (κ1) is 22.0. The number of benzene rings is 2. The monoisotopic (exact) mass is 416 g/mol. The van der Waals surface area contributed by atoms with Crippen LogP contribution in [0.15, 0.2) is 47.6 Å². The van der Waals surface area contributed by atoms with Gasteiger partial charge in [-0.15, -0.1) is 0 Å². The zero-order valence-corrected chi connectivity index (χ0v) is 17.0. The minimum atomic E-state index is -0.638. The Bertz CT molecular complexity index is 955. The summed E-state index contributed by atoms with van der Waals surface area (Å²) < 4.78 is 0. The van der Waals surface area contributed by atoms with Gasteiger partial charge in [0.2, 0.25) is 5.91 Å². The number of amides is 2. The Morgan fingerprint density at radius 2 is 1.83 bits per heavy atom. The van der Waals surface area contributed by atoms with Crippen LogP contribution >= 0.6 is 11.6 Å². The molecule has 2 aromatic rings. The summed E-state index contributed by atoms with van der Waals surface area (Å²) in [6.07, 6.45) is -0.00672.